The maximum absolute atomic E-state index is 12.6. The van der Waals surface area contributed by atoms with Crippen molar-refractivity contribution in [3.63, 3.8) is 0 Å². The zero-order chi connectivity index (χ0) is 17.8. The average molecular weight is 380 g/mol. The first kappa shape index (κ1) is 17.7. The van der Waals surface area contributed by atoms with Crippen LogP contribution in [0.5, 0.6) is 0 Å². The SMILES string of the molecule is Cc1onc(C2=C(Cl)CCCC2)c1C(=O)NC(=S)NCc1ccco1. The van der Waals surface area contributed by atoms with Gasteiger partial charge in [-0.05, 0) is 62.5 Å². The van der Waals surface area contributed by atoms with Gasteiger partial charge in [-0.2, -0.15) is 0 Å². The van der Waals surface area contributed by atoms with Gasteiger partial charge in [0.25, 0.3) is 5.91 Å². The van der Waals surface area contributed by atoms with Crippen molar-refractivity contribution in [1.29, 1.82) is 0 Å². The fraction of sp³-hybridized carbons (Fsp3) is 0.353. The Kier molecular flexibility index (Phi) is 5.55. The maximum atomic E-state index is 12.6. The van der Waals surface area contributed by atoms with Gasteiger partial charge in [0.1, 0.15) is 22.8 Å². The predicted octanol–water partition coefficient (Wildman–Crippen LogP) is 3.90. The summed E-state index contributed by atoms with van der Waals surface area (Å²) in [7, 11) is 0. The summed E-state index contributed by atoms with van der Waals surface area (Å²) in [6.07, 6.45) is 5.22. The number of amides is 1. The standard InChI is InChI=1S/C17H18ClN3O3S/c1-10-14(15(21-24-10)12-6-2-3-7-13(12)18)16(22)20-17(25)19-9-11-5-4-8-23-11/h4-5,8H,2-3,6-7,9H2,1H3,(H2,19,20,22,25). The molecule has 0 saturated carbocycles. The second-order valence-corrected chi connectivity index (χ2v) is 6.63. The number of carbonyl (C=O) groups is 1. The number of nitrogens with one attached hydrogen (secondary N) is 2. The van der Waals surface area contributed by atoms with E-state index in [9.17, 15) is 4.79 Å². The second-order valence-electron chi connectivity index (χ2n) is 5.77. The minimum atomic E-state index is -0.367. The van der Waals surface area contributed by atoms with Crippen LogP contribution in [0, 0.1) is 6.92 Å². The molecule has 0 bridgehead atoms. The molecule has 8 heteroatoms. The normalized spacial score (nSPS) is 14.5. The molecule has 6 nitrogen and oxygen atoms in total. The summed E-state index contributed by atoms with van der Waals surface area (Å²) in [5.74, 6) is 0.787. The lowest BCUT2D eigenvalue weighted by Gasteiger charge is -2.15. The first-order valence-corrected chi connectivity index (χ1v) is 8.80. The van der Waals surface area contributed by atoms with Gasteiger partial charge in [0.05, 0.1) is 12.8 Å². The Balaban J connectivity index is 1.72. The van der Waals surface area contributed by atoms with Gasteiger partial charge in [-0.3, -0.25) is 10.1 Å². The van der Waals surface area contributed by atoms with Crippen LogP contribution in [-0.2, 0) is 6.54 Å². The van der Waals surface area contributed by atoms with Crippen molar-refractivity contribution in [2.75, 3.05) is 0 Å². The Morgan fingerprint density at radius 2 is 2.20 bits per heavy atom. The summed E-state index contributed by atoms with van der Waals surface area (Å²) in [4.78, 5) is 12.6. The van der Waals surface area contributed by atoms with Crippen LogP contribution in [0.1, 0.15) is 53.3 Å². The van der Waals surface area contributed by atoms with Crippen LogP contribution >= 0.6 is 23.8 Å². The molecule has 2 heterocycles. The van der Waals surface area contributed by atoms with E-state index in [1.165, 1.54) is 0 Å². The van der Waals surface area contributed by atoms with Crippen LogP contribution < -0.4 is 10.6 Å². The predicted molar refractivity (Wildman–Crippen MR) is 98.1 cm³/mol. The Morgan fingerprint density at radius 3 is 2.92 bits per heavy atom. The van der Waals surface area contributed by atoms with Gasteiger partial charge in [-0.1, -0.05) is 16.8 Å². The molecular weight excluding hydrogens is 362 g/mol. The van der Waals surface area contributed by atoms with Gasteiger partial charge in [0, 0.05) is 5.03 Å². The van der Waals surface area contributed by atoms with Crippen molar-refractivity contribution < 1.29 is 13.7 Å². The van der Waals surface area contributed by atoms with Gasteiger partial charge in [-0.25, -0.2) is 0 Å². The second kappa shape index (κ2) is 7.84. The Hall–Kier alpha value is -2.12. The molecule has 132 valence electrons. The molecule has 0 saturated heterocycles. The number of hydrogen-bond donors (Lipinski definition) is 2. The number of aryl methyl sites for hydroxylation is 1. The number of carbonyl (C=O) groups excluding carboxylic acids is 1. The van der Waals surface area contributed by atoms with Gasteiger partial charge in [0.15, 0.2) is 5.11 Å². The molecule has 2 aromatic rings. The molecule has 1 amide bonds. The summed E-state index contributed by atoms with van der Waals surface area (Å²) in [5.41, 5.74) is 1.76. The van der Waals surface area contributed by atoms with Crippen LogP contribution in [0.4, 0.5) is 0 Å². The van der Waals surface area contributed by atoms with E-state index < -0.39 is 0 Å². The van der Waals surface area contributed by atoms with Crippen LogP contribution in [0.2, 0.25) is 0 Å². The number of halogens is 1. The van der Waals surface area contributed by atoms with E-state index in [1.54, 1.807) is 19.3 Å². The highest BCUT2D eigenvalue weighted by molar-refractivity contribution is 7.80. The van der Waals surface area contributed by atoms with Crippen LogP contribution in [0.15, 0.2) is 32.4 Å². The summed E-state index contributed by atoms with van der Waals surface area (Å²) in [6.45, 7) is 2.08. The lowest BCUT2D eigenvalue weighted by molar-refractivity contribution is 0.0975. The van der Waals surface area contributed by atoms with Crippen molar-refractivity contribution in [2.24, 2.45) is 0 Å². The largest absolute Gasteiger partial charge is 0.467 e. The molecule has 25 heavy (non-hydrogen) atoms. The fourth-order valence-corrected chi connectivity index (χ4v) is 3.23. The first-order valence-electron chi connectivity index (χ1n) is 8.02. The summed E-state index contributed by atoms with van der Waals surface area (Å²) in [6, 6.07) is 3.60. The molecule has 0 aromatic carbocycles. The van der Waals surface area contributed by atoms with E-state index in [-0.39, 0.29) is 11.0 Å². The third-order valence-corrected chi connectivity index (χ3v) is 4.67. The van der Waals surface area contributed by atoms with Crippen LogP contribution in [-0.4, -0.2) is 16.2 Å². The monoisotopic (exact) mass is 379 g/mol. The molecule has 3 rings (SSSR count). The van der Waals surface area contributed by atoms with E-state index in [1.807, 2.05) is 6.07 Å². The molecule has 1 aliphatic rings. The minimum Gasteiger partial charge on any atom is -0.467 e. The molecule has 0 atom stereocenters. The third kappa shape index (κ3) is 4.11. The fourth-order valence-electron chi connectivity index (χ4n) is 2.75. The molecule has 0 fully saturated rings. The number of thiocarbonyl (C=S) groups is 1. The summed E-state index contributed by atoms with van der Waals surface area (Å²) >= 11 is 11.5. The minimum absolute atomic E-state index is 0.205. The molecular formula is C17H18ClN3O3S. The van der Waals surface area contributed by atoms with E-state index in [2.05, 4.69) is 15.8 Å². The lowest BCUT2D eigenvalue weighted by atomic mass is 9.94. The highest BCUT2D eigenvalue weighted by Gasteiger charge is 2.26. The molecule has 2 N–H and O–H groups in total. The molecule has 0 aliphatic heterocycles. The number of hydrogen-bond acceptors (Lipinski definition) is 5. The zero-order valence-electron chi connectivity index (χ0n) is 13.7. The maximum Gasteiger partial charge on any atom is 0.263 e. The molecule has 0 radical (unpaired) electrons. The van der Waals surface area contributed by atoms with Gasteiger partial charge < -0.3 is 14.3 Å². The zero-order valence-corrected chi connectivity index (χ0v) is 15.3. The molecule has 0 unspecified atom stereocenters. The summed E-state index contributed by atoms with van der Waals surface area (Å²) < 4.78 is 10.4. The van der Waals surface area contributed by atoms with Crippen LogP contribution in [0.25, 0.3) is 5.57 Å². The Labute approximate surface area is 155 Å². The van der Waals surface area contributed by atoms with E-state index >= 15 is 0 Å². The van der Waals surface area contributed by atoms with Crippen LogP contribution in [0.3, 0.4) is 0 Å². The van der Waals surface area contributed by atoms with Crippen molar-refractivity contribution in [3.05, 3.63) is 46.2 Å². The molecule has 1 aliphatic carbocycles. The smallest absolute Gasteiger partial charge is 0.263 e. The van der Waals surface area contributed by atoms with Crippen molar-refractivity contribution in [2.45, 2.75) is 39.2 Å². The number of furan rings is 1. The third-order valence-electron chi connectivity index (χ3n) is 4.01. The Morgan fingerprint density at radius 1 is 1.40 bits per heavy atom. The van der Waals surface area contributed by atoms with Gasteiger partial charge in [0.2, 0.25) is 0 Å². The number of rotatable bonds is 4. The van der Waals surface area contributed by atoms with Gasteiger partial charge in [-0.15, -0.1) is 0 Å². The number of aromatic nitrogens is 1. The van der Waals surface area contributed by atoms with Crippen molar-refractivity contribution >= 4 is 40.4 Å². The quantitative estimate of drug-likeness (QED) is 0.784. The topological polar surface area (TPSA) is 80.3 Å². The van der Waals surface area contributed by atoms with Crippen molar-refractivity contribution in [3.8, 4) is 0 Å². The van der Waals surface area contributed by atoms with E-state index in [0.29, 0.717) is 23.6 Å². The molecule has 2 aromatic heterocycles. The highest BCUT2D eigenvalue weighted by atomic mass is 35.5. The highest BCUT2D eigenvalue weighted by Crippen LogP contribution is 2.35. The average Bonchev–Trinajstić information content (AvgIpc) is 3.23. The van der Waals surface area contributed by atoms with E-state index in [0.717, 1.165) is 42.0 Å². The Bertz CT molecular complexity index is 811. The lowest BCUT2D eigenvalue weighted by Crippen LogP contribution is -2.39. The van der Waals surface area contributed by atoms with Crippen molar-refractivity contribution in [1.82, 2.24) is 15.8 Å². The number of allylic oxidation sites excluding steroid dienone is 2. The van der Waals surface area contributed by atoms with E-state index in [4.69, 9.17) is 32.8 Å². The van der Waals surface area contributed by atoms with Gasteiger partial charge >= 0.3 is 0 Å². The molecule has 0 spiro atoms. The number of nitrogens with zero attached hydrogens (tertiary/aromatic N) is 1. The first-order chi connectivity index (χ1) is 12.1. The summed E-state index contributed by atoms with van der Waals surface area (Å²) in [5, 5.41) is 10.6.